The summed E-state index contributed by atoms with van der Waals surface area (Å²) in [6.07, 6.45) is 3.08. The predicted octanol–water partition coefficient (Wildman–Crippen LogP) is 2.36. The number of benzene rings is 1. The van der Waals surface area contributed by atoms with Crippen LogP contribution in [-0.4, -0.2) is 40.7 Å². The Bertz CT molecular complexity index is 529. The van der Waals surface area contributed by atoms with Crippen LogP contribution in [0.4, 0.5) is 0 Å². The van der Waals surface area contributed by atoms with Gasteiger partial charge < -0.3 is 9.80 Å². The van der Waals surface area contributed by atoms with E-state index in [1.54, 1.807) is 4.90 Å². The van der Waals surface area contributed by atoms with Crippen molar-refractivity contribution in [2.24, 2.45) is 0 Å². The maximum absolute atomic E-state index is 12.9. The van der Waals surface area contributed by atoms with Crippen molar-refractivity contribution in [2.75, 3.05) is 13.1 Å². The van der Waals surface area contributed by atoms with E-state index in [-0.39, 0.29) is 23.9 Å². The van der Waals surface area contributed by atoms with Gasteiger partial charge in [0.2, 0.25) is 11.8 Å². The molecule has 2 atom stereocenters. The Kier molecular flexibility index (Phi) is 3.95. The number of rotatable bonds is 3. The molecule has 0 aromatic heterocycles. The molecule has 0 spiro atoms. The molecule has 0 bridgehead atoms. The van der Waals surface area contributed by atoms with Gasteiger partial charge in [-0.3, -0.25) is 9.59 Å². The monoisotopic (exact) mass is 286 g/mol. The molecule has 3 rings (SSSR count). The Morgan fingerprint density at radius 3 is 2.67 bits per heavy atom. The maximum atomic E-state index is 12.9. The summed E-state index contributed by atoms with van der Waals surface area (Å²) in [6, 6.07) is 10.00. The maximum Gasteiger partial charge on any atom is 0.245 e. The third-order valence-electron chi connectivity index (χ3n) is 4.66. The van der Waals surface area contributed by atoms with E-state index in [1.807, 2.05) is 23.1 Å². The zero-order chi connectivity index (χ0) is 14.8. The van der Waals surface area contributed by atoms with E-state index >= 15 is 0 Å². The van der Waals surface area contributed by atoms with Crippen LogP contribution >= 0.6 is 0 Å². The van der Waals surface area contributed by atoms with Crippen molar-refractivity contribution in [1.29, 1.82) is 0 Å². The standard InChI is InChI=1S/C17H22N2O2/c1-2-14(13-7-4-3-5-8-13)19-12-10-16(20)18-11-6-9-15(18)17(19)21/h3-5,7-8,14-15H,2,6,9-12H2,1H3. The normalized spacial score (nSPS) is 24.0. The highest BCUT2D eigenvalue weighted by molar-refractivity contribution is 5.90. The van der Waals surface area contributed by atoms with Crippen molar-refractivity contribution < 1.29 is 9.59 Å². The number of hydrogen-bond acceptors (Lipinski definition) is 2. The fourth-order valence-corrected chi connectivity index (χ4v) is 3.60. The smallest absolute Gasteiger partial charge is 0.245 e. The zero-order valence-corrected chi connectivity index (χ0v) is 12.5. The van der Waals surface area contributed by atoms with Gasteiger partial charge >= 0.3 is 0 Å². The number of hydrogen-bond donors (Lipinski definition) is 0. The molecule has 0 N–H and O–H groups in total. The van der Waals surface area contributed by atoms with Gasteiger partial charge in [-0.2, -0.15) is 0 Å². The van der Waals surface area contributed by atoms with Crippen LogP contribution in [0.1, 0.15) is 44.2 Å². The summed E-state index contributed by atoms with van der Waals surface area (Å²) in [5.74, 6) is 0.269. The summed E-state index contributed by atoms with van der Waals surface area (Å²) in [4.78, 5) is 28.8. The third kappa shape index (κ3) is 2.55. The van der Waals surface area contributed by atoms with Gasteiger partial charge in [-0.1, -0.05) is 37.3 Å². The first-order valence-electron chi connectivity index (χ1n) is 7.87. The van der Waals surface area contributed by atoms with E-state index in [9.17, 15) is 9.59 Å². The zero-order valence-electron chi connectivity index (χ0n) is 12.5. The van der Waals surface area contributed by atoms with E-state index in [1.165, 1.54) is 0 Å². The molecular formula is C17H22N2O2. The molecule has 2 amide bonds. The quantitative estimate of drug-likeness (QED) is 0.856. The van der Waals surface area contributed by atoms with Gasteiger partial charge in [0.15, 0.2) is 0 Å². The van der Waals surface area contributed by atoms with E-state index in [0.717, 1.165) is 31.4 Å². The molecule has 2 aliphatic heterocycles. The molecular weight excluding hydrogens is 264 g/mol. The van der Waals surface area contributed by atoms with Gasteiger partial charge in [-0.15, -0.1) is 0 Å². The highest BCUT2D eigenvalue weighted by Gasteiger charge is 2.41. The number of amides is 2. The number of carbonyl (C=O) groups is 2. The van der Waals surface area contributed by atoms with Crippen LogP contribution in [0.3, 0.4) is 0 Å². The first-order chi connectivity index (χ1) is 10.2. The molecule has 0 saturated carbocycles. The summed E-state index contributed by atoms with van der Waals surface area (Å²) in [5, 5.41) is 0. The summed E-state index contributed by atoms with van der Waals surface area (Å²) in [7, 11) is 0. The molecule has 21 heavy (non-hydrogen) atoms. The summed E-state index contributed by atoms with van der Waals surface area (Å²) in [5.41, 5.74) is 1.16. The topological polar surface area (TPSA) is 40.6 Å². The van der Waals surface area contributed by atoms with Gasteiger partial charge in [-0.05, 0) is 24.8 Å². The lowest BCUT2D eigenvalue weighted by Crippen LogP contribution is -2.44. The third-order valence-corrected chi connectivity index (χ3v) is 4.66. The largest absolute Gasteiger partial charge is 0.333 e. The molecule has 4 nitrogen and oxygen atoms in total. The Morgan fingerprint density at radius 1 is 1.19 bits per heavy atom. The van der Waals surface area contributed by atoms with Crippen molar-refractivity contribution in [1.82, 2.24) is 9.80 Å². The van der Waals surface area contributed by atoms with Crippen LogP contribution < -0.4 is 0 Å². The molecule has 1 aromatic carbocycles. The Morgan fingerprint density at radius 2 is 1.95 bits per heavy atom. The molecule has 2 fully saturated rings. The van der Waals surface area contributed by atoms with Gasteiger partial charge in [0, 0.05) is 19.5 Å². The van der Waals surface area contributed by atoms with E-state index < -0.39 is 0 Å². The summed E-state index contributed by atoms with van der Waals surface area (Å²) in [6.45, 7) is 3.38. The number of nitrogens with zero attached hydrogens (tertiary/aromatic N) is 2. The average Bonchev–Trinajstić information content (AvgIpc) is 2.97. The van der Waals surface area contributed by atoms with Crippen LogP contribution in [0, 0.1) is 0 Å². The lowest BCUT2D eigenvalue weighted by Gasteiger charge is -2.32. The van der Waals surface area contributed by atoms with Crippen LogP contribution in [0.5, 0.6) is 0 Å². The molecule has 4 heteroatoms. The molecule has 0 aliphatic carbocycles. The molecule has 2 heterocycles. The van der Waals surface area contributed by atoms with Gasteiger partial charge in [0.1, 0.15) is 6.04 Å². The van der Waals surface area contributed by atoms with Crippen molar-refractivity contribution in [3.05, 3.63) is 35.9 Å². The second-order valence-electron chi connectivity index (χ2n) is 5.86. The second kappa shape index (κ2) is 5.88. The molecule has 2 aliphatic rings. The molecule has 112 valence electrons. The molecule has 2 unspecified atom stereocenters. The number of carbonyl (C=O) groups excluding carboxylic acids is 2. The van der Waals surface area contributed by atoms with Crippen molar-refractivity contribution in [2.45, 2.75) is 44.7 Å². The van der Waals surface area contributed by atoms with Crippen molar-refractivity contribution in [3.63, 3.8) is 0 Å². The Balaban J connectivity index is 1.89. The first-order valence-corrected chi connectivity index (χ1v) is 7.87. The minimum atomic E-state index is -0.224. The summed E-state index contributed by atoms with van der Waals surface area (Å²) < 4.78 is 0. The van der Waals surface area contributed by atoms with Gasteiger partial charge in [-0.25, -0.2) is 0 Å². The minimum Gasteiger partial charge on any atom is -0.333 e. The predicted molar refractivity (Wildman–Crippen MR) is 80.5 cm³/mol. The van der Waals surface area contributed by atoms with Crippen LogP contribution in [0.15, 0.2) is 30.3 Å². The fraction of sp³-hybridized carbons (Fsp3) is 0.529. The van der Waals surface area contributed by atoms with E-state index in [2.05, 4.69) is 19.1 Å². The molecule has 2 saturated heterocycles. The lowest BCUT2D eigenvalue weighted by atomic mass is 10.0. The van der Waals surface area contributed by atoms with Gasteiger partial charge in [0.05, 0.1) is 6.04 Å². The Hall–Kier alpha value is -1.84. The van der Waals surface area contributed by atoms with Crippen LogP contribution in [0.2, 0.25) is 0 Å². The lowest BCUT2D eigenvalue weighted by molar-refractivity contribution is -0.140. The van der Waals surface area contributed by atoms with E-state index in [4.69, 9.17) is 0 Å². The molecule has 0 radical (unpaired) electrons. The Labute approximate surface area is 125 Å². The highest BCUT2D eigenvalue weighted by Crippen LogP contribution is 2.30. The SMILES string of the molecule is CCC(c1ccccc1)N1CCC(=O)N2CCCC2C1=O. The average molecular weight is 286 g/mol. The second-order valence-corrected chi connectivity index (χ2v) is 5.86. The van der Waals surface area contributed by atoms with Gasteiger partial charge in [0.25, 0.3) is 0 Å². The minimum absolute atomic E-state index is 0.0760. The van der Waals surface area contributed by atoms with Crippen LogP contribution in [-0.2, 0) is 9.59 Å². The summed E-state index contributed by atoms with van der Waals surface area (Å²) >= 11 is 0. The van der Waals surface area contributed by atoms with Crippen molar-refractivity contribution in [3.8, 4) is 0 Å². The fourth-order valence-electron chi connectivity index (χ4n) is 3.60. The first kappa shape index (κ1) is 14.1. The number of fused-ring (bicyclic) bond motifs is 1. The molecule has 1 aromatic rings. The van der Waals surface area contributed by atoms with E-state index in [0.29, 0.717) is 13.0 Å². The van der Waals surface area contributed by atoms with Crippen LogP contribution in [0.25, 0.3) is 0 Å². The van der Waals surface area contributed by atoms with Crippen molar-refractivity contribution >= 4 is 11.8 Å². The highest BCUT2D eigenvalue weighted by atomic mass is 16.2.